The molecule has 1 aromatic heterocycles. The van der Waals surface area contributed by atoms with E-state index in [0.717, 1.165) is 22.5 Å². The Hall–Kier alpha value is -1.59. The summed E-state index contributed by atoms with van der Waals surface area (Å²) in [5, 5.41) is 0. The largest absolute Gasteiger partial charge is 0.330 e. The van der Waals surface area contributed by atoms with Crippen molar-refractivity contribution < 1.29 is 0 Å². The van der Waals surface area contributed by atoms with Crippen LogP contribution in [0.2, 0.25) is 0 Å². The van der Waals surface area contributed by atoms with Crippen LogP contribution in [0.5, 0.6) is 0 Å². The van der Waals surface area contributed by atoms with Crippen molar-refractivity contribution in [2.45, 2.75) is 37.1 Å². The van der Waals surface area contributed by atoms with Crippen LogP contribution in [-0.4, -0.2) is 9.13 Å². The predicted molar refractivity (Wildman–Crippen MR) is 105 cm³/mol. The molecule has 0 N–H and O–H groups in total. The molecule has 0 atom stereocenters. The third kappa shape index (κ3) is 2.70. The quantitative estimate of drug-likeness (QED) is 0.593. The molecule has 124 valence electrons. The van der Waals surface area contributed by atoms with Crippen LogP contribution in [-0.2, 0) is 23.3 Å². The molecular formula is C19H20N2OS2. The highest BCUT2D eigenvalue weighted by molar-refractivity contribution is 7.97. The van der Waals surface area contributed by atoms with Gasteiger partial charge in [0, 0.05) is 11.5 Å². The maximum absolute atomic E-state index is 12.8. The summed E-state index contributed by atoms with van der Waals surface area (Å²) in [4.78, 5) is 12.8. The van der Waals surface area contributed by atoms with Gasteiger partial charge in [0.1, 0.15) is 0 Å². The van der Waals surface area contributed by atoms with E-state index in [1.807, 2.05) is 56.9 Å². The van der Waals surface area contributed by atoms with Gasteiger partial charge in [-0.15, -0.1) is 23.5 Å². The summed E-state index contributed by atoms with van der Waals surface area (Å²) in [6.07, 6.45) is 0. The van der Waals surface area contributed by atoms with Crippen molar-refractivity contribution in [1.29, 1.82) is 0 Å². The van der Waals surface area contributed by atoms with Crippen molar-refractivity contribution in [3.8, 4) is 0 Å². The van der Waals surface area contributed by atoms with Crippen LogP contribution in [0.3, 0.4) is 0 Å². The van der Waals surface area contributed by atoms with Gasteiger partial charge in [-0.1, -0.05) is 24.3 Å². The number of benzene rings is 2. The van der Waals surface area contributed by atoms with Crippen LogP contribution in [0.1, 0.15) is 22.3 Å². The van der Waals surface area contributed by atoms with Gasteiger partial charge in [-0.2, -0.15) is 0 Å². The Kier molecular flexibility index (Phi) is 4.22. The first-order valence-corrected chi connectivity index (χ1v) is 10.4. The standard InChI is InChI=1S/C19H20N2OS2/c1-13-7-14(2)16-8-15(13)9-23-11-20-17-5-3-4-6-18(17)21(19(20)22)12-24-10-16/h3-8H,9-12H2,1-2H3. The Bertz CT molecular complexity index is 900. The average Bonchev–Trinajstić information content (AvgIpc) is 2.83. The van der Waals surface area contributed by atoms with Gasteiger partial charge in [0.15, 0.2) is 0 Å². The number of aromatic nitrogens is 2. The van der Waals surface area contributed by atoms with Gasteiger partial charge in [0.2, 0.25) is 0 Å². The first kappa shape index (κ1) is 15.9. The smallest absolute Gasteiger partial charge is 0.282 e. The Morgan fingerprint density at radius 2 is 1.33 bits per heavy atom. The van der Waals surface area contributed by atoms with Crippen LogP contribution < -0.4 is 5.69 Å². The van der Waals surface area contributed by atoms with Crippen LogP contribution in [0, 0.1) is 13.8 Å². The van der Waals surface area contributed by atoms with Gasteiger partial charge >= 0.3 is 5.69 Å². The number of hydrogen-bond acceptors (Lipinski definition) is 3. The summed E-state index contributed by atoms with van der Waals surface area (Å²) in [6, 6.07) is 12.8. The summed E-state index contributed by atoms with van der Waals surface area (Å²) in [5.41, 5.74) is 7.65. The summed E-state index contributed by atoms with van der Waals surface area (Å²) in [7, 11) is 0. The zero-order chi connectivity index (χ0) is 16.7. The number of nitrogens with zero attached hydrogens (tertiary/aromatic N) is 2. The number of para-hydroxylation sites is 2. The first-order chi connectivity index (χ1) is 11.6. The third-order valence-corrected chi connectivity index (χ3v) is 6.59. The number of fused-ring (bicyclic) bond motifs is 7. The van der Waals surface area contributed by atoms with Gasteiger partial charge < -0.3 is 0 Å². The fourth-order valence-corrected chi connectivity index (χ4v) is 5.38. The van der Waals surface area contributed by atoms with Crippen molar-refractivity contribution in [2.24, 2.45) is 0 Å². The van der Waals surface area contributed by atoms with E-state index in [4.69, 9.17) is 0 Å². The van der Waals surface area contributed by atoms with Crippen molar-refractivity contribution in [2.75, 3.05) is 0 Å². The molecule has 0 aliphatic carbocycles. The lowest BCUT2D eigenvalue weighted by molar-refractivity contribution is 0.774. The van der Waals surface area contributed by atoms with Crippen LogP contribution in [0.15, 0.2) is 41.2 Å². The number of imidazole rings is 1. The molecule has 2 aromatic carbocycles. The molecule has 0 spiro atoms. The number of aryl methyl sites for hydroxylation is 2. The Morgan fingerprint density at radius 3 is 1.83 bits per heavy atom. The van der Waals surface area contributed by atoms with Gasteiger partial charge in [0.25, 0.3) is 0 Å². The topological polar surface area (TPSA) is 26.9 Å². The normalized spacial score (nSPS) is 15.1. The molecule has 0 amide bonds. The summed E-state index contributed by atoms with van der Waals surface area (Å²) in [6.45, 7) is 4.37. The van der Waals surface area contributed by atoms with E-state index in [1.165, 1.54) is 22.3 Å². The molecule has 0 fully saturated rings. The van der Waals surface area contributed by atoms with E-state index in [1.54, 1.807) is 0 Å². The second-order valence-corrected chi connectivity index (χ2v) is 8.20. The van der Waals surface area contributed by atoms with E-state index < -0.39 is 0 Å². The molecule has 3 aromatic rings. The minimum absolute atomic E-state index is 0.105. The van der Waals surface area contributed by atoms with Crippen LogP contribution in [0.4, 0.5) is 0 Å². The zero-order valence-corrected chi connectivity index (χ0v) is 15.5. The number of hydrogen-bond donors (Lipinski definition) is 0. The van der Waals surface area contributed by atoms with Crippen molar-refractivity contribution in [1.82, 2.24) is 9.13 Å². The Balaban J connectivity index is 1.80. The fourth-order valence-electron chi connectivity index (χ4n) is 3.27. The molecule has 1 aliphatic heterocycles. The monoisotopic (exact) mass is 356 g/mol. The highest BCUT2D eigenvalue weighted by atomic mass is 32.2. The molecule has 0 saturated carbocycles. The molecule has 0 radical (unpaired) electrons. The minimum atomic E-state index is 0.105. The average molecular weight is 357 g/mol. The SMILES string of the molecule is Cc1cc(C)c2cc1CSCn1c(=O)n(c3ccccc31)CSC2. The molecule has 5 heteroatoms. The van der Waals surface area contributed by atoms with E-state index in [9.17, 15) is 4.79 Å². The van der Waals surface area contributed by atoms with Gasteiger partial charge in [-0.3, -0.25) is 9.13 Å². The molecule has 24 heavy (non-hydrogen) atoms. The van der Waals surface area contributed by atoms with E-state index in [2.05, 4.69) is 26.0 Å². The summed E-state index contributed by atoms with van der Waals surface area (Å²) >= 11 is 3.62. The fraction of sp³-hybridized carbons (Fsp3) is 0.316. The number of thioether (sulfide) groups is 2. The maximum Gasteiger partial charge on any atom is 0.330 e. The molecule has 2 heterocycles. The molecule has 4 bridgehead atoms. The van der Waals surface area contributed by atoms with Crippen molar-refractivity contribution in [3.63, 3.8) is 0 Å². The molecule has 3 nitrogen and oxygen atoms in total. The molecule has 4 rings (SSSR count). The van der Waals surface area contributed by atoms with Crippen LogP contribution >= 0.6 is 23.5 Å². The van der Waals surface area contributed by atoms with Gasteiger partial charge in [-0.25, -0.2) is 4.79 Å². The van der Waals surface area contributed by atoms with Gasteiger partial charge in [0.05, 0.1) is 22.8 Å². The lowest BCUT2D eigenvalue weighted by atomic mass is 10.0. The number of rotatable bonds is 0. The summed E-state index contributed by atoms with van der Waals surface area (Å²) < 4.78 is 3.82. The third-order valence-electron chi connectivity index (χ3n) is 4.68. The highest BCUT2D eigenvalue weighted by Crippen LogP contribution is 2.27. The maximum atomic E-state index is 12.8. The van der Waals surface area contributed by atoms with E-state index in [0.29, 0.717) is 11.8 Å². The second kappa shape index (κ2) is 6.37. The van der Waals surface area contributed by atoms with E-state index in [-0.39, 0.29) is 5.69 Å². The molecule has 0 saturated heterocycles. The zero-order valence-electron chi connectivity index (χ0n) is 13.9. The highest BCUT2D eigenvalue weighted by Gasteiger charge is 2.14. The summed E-state index contributed by atoms with van der Waals surface area (Å²) in [5.74, 6) is 3.27. The second-order valence-electron chi connectivity index (χ2n) is 6.29. The van der Waals surface area contributed by atoms with Crippen LogP contribution in [0.25, 0.3) is 11.0 Å². The van der Waals surface area contributed by atoms with Gasteiger partial charge in [-0.05, 0) is 48.2 Å². The lowest BCUT2D eigenvalue weighted by Gasteiger charge is -2.13. The van der Waals surface area contributed by atoms with E-state index >= 15 is 0 Å². The Labute approximate surface area is 150 Å². The lowest BCUT2D eigenvalue weighted by Crippen LogP contribution is -2.23. The Morgan fingerprint density at radius 1 is 0.833 bits per heavy atom. The van der Waals surface area contributed by atoms with Crippen molar-refractivity contribution >= 4 is 34.6 Å². The first-order valence-electron chi connectivity index (χ1n) is 8.07. The molecular weight excluding hydrogens is 336 g/mol. The molecule has 1 aliphatic rings. The predicted octanol–water partition coefficient (Wildman–Crippen LogP) is 4.52. The van der Waals surface area contributed by atoms with Crippen molar-refractivity contribution in [3.05, 3.63) is 69.1 Å². The minimum Gasteiger partial charge on any atom is -0.282 e. The molecule has 0 unspecified atom stereocenters.